The molecule has 0 unspecified atom stereocenters. The fourth-order valence-corrected chi connectivity index (χ4v) is 3.03. The highest BCUT2D eigenvalue weighted by Crippen LogP contribution is 2.27. The van der Waals surface area contributed by atoms with E-state index in [1.165, 1.54) is 11.1 Å². The monoisotopic (exact) mass is 376 g/mol. The third-order valence-electron chi connectivity index (χ3n) is 4.84. The molecule has 0 aliphatic carbocycles. The van der Waals surface area contributed by atoms with Gasteiger partial charge in [-0.3, -0.25) is 0 Å². The van der Waals surface area contributed by atoms with E-state index in [1.807, 2.05) is 27.1 Å². The first-order valence-corrected chi connectivity index (χ1v) is 9.40. The summed E-state index contributed by atoms with van der Waals surface area (Å²) in [6.07, 6.45) is 5.48. The predicted octanol–water partition coefficient (Wildman–Crippen LogP) is 3.91. The smallest absolute Gasteiger partial charge is 0.116 e. The Bertz CT molecular complexity index is 929. The molecule has 0 bridgehead atoms. The van der Waals surface area contributed by atoms with E-state index in [2.05, 4.69) is 62.6 Å². The molecule has 0 saturated carbocycles. The number of anilines is 2. The summed E-state index contributed by atoms with van der Waals surface area (Å²) < 4.78 is 0. The zero-order chi connectivity index (χ0) is 20.1. The van der Waals surface area contributed by atoms with Crippen molar-refractivity contribution in [1.82, 2.24) is 20.6 Å². The fraction of sp³-hybridized carbons (Fsp3) is 0.273. The molecule has 6 nitrogen and oxygen atoms in total. The molecular formula is C22H28N6. The van der Waals surface area contributed by atoms with Crippen LogP contribution in [-0.4, -0.2) is 17.0 Å². The molecule has 0 spiro atoms. The van der Waals surface area contributed by atoms with Gasteiger partial charge in [-0.15, -0.1) is 0 Å². The number of nitrogens with one attached hydrogen (secondary N) is 4. The summed E-state index contributed by atoms with van der Waals surface area (Å²) in [4.78, 5) is 8.72. The highest BCUT2D eigenvalue weighted by atomic mass is 15.0. The van der Waals surface area contributed by atoms with Crippen molar-refractivity contribution >= 4 is 17.1 Å². The lowest BCUT2D eigenvalue weighted by molar-refractivity contribution is 0.872. The van der Waals surface area contributed by atoms with Crippen molar-refractivity contribution in [3.05, 3.63) is 77.8 Å². The number of nitrogens with zero attached hydrogens (tertiary/aromatic N) is 2. The van der Waals surface area contributed by atoms with Crippen LogP contribution in [0.3, 0.4) is 0 Å². The number of aryl methyl sites for hydroxylation is 2. The molecule has 2 heterocycles. The lowest BCUT2D eigenvalue weighted by Gasteiger charge is -2.21. The summed E-state index contributed by atoms with van der Waals surface area (Å²) in [5.41, 5.74) is 8.95. The number of aromatic nitrogens is 2. The van der Waals surface area contributed by atoms with Crippen molar-refractivity contribution in [2.75, 3.05) is 17.7 Å². The summed E-state index contributed by atoms with van der Waals surface area (Å²) in [5, 5.41) is 13.1. The van der Waals surface area contributed by atoms with Gasteiger partial charge in [-0.1, -0.05) is 25.3 Å². The van der Waals surface area contributed by atoms with Gasteiger partial charge in [0.25, 0.3) is 0 Å². The second kappa shape index (κ2) is 8.61. The largest absolute Gasteiger partial charge is 0.390 e. The summed E-state index contributed by atoms with van der Waals surface area (Å²) in [7, 11) is 1.88. The molecule has 2 aromatic rings. The van der Waals surface area contributed by atoms with E-state index in [0.717, 1.165) is 52.7 Å². The normalized spacial score (nSPS) is 13.4. The zero-order valence-electron chi connectivity index (χ0n) is 16.8. The van der Waals surface area contributed by atoms with Gasteiger partial charge < -0.3 is 21.3 Å². The van der Waals surface area contributed by atoms with Crippen LogP contribution in [0.4, 0.5) is 11.4 Å². The highest BCUT2D eigenvalue weighted by Gasteiger charge is 2.13. The second-order valence-electron chi connectivity index (χ2n) is 6.96. The molecule has 0 fully saturated rings. The predicted molar refractivity (Wildman–Crippen MR) is 117 cm³/mol. The van der Waals surface area contributed by atoms with Crippen molar-refractivity contribution in [1.29, 1.82) is 0 Å². The average Bonchev–Trinajstić information content (AvgIpc) is 2.70. The van der Waals surface area contributed by atoms with Crippen LogP contribution >= 0.6 is 0 Å². The van der Waals surface area contributed by atoms with Gasteiger partial charge in [0.15, 0.2) is 0 Å². The van der Waals surface area contributed by atoms with Gasteiger partial charge in [0, 0.05) is 36.9 Å². The molecule has 0 radical (unpaired) electrons. The number of fused-ring (bicyclic) bond motifs is 1. The van der Waals surface area contributed by atoms with Crippen LogP contribution in [0.25, 0.3) is 5.70 Å². The number of hydrogen-bond acceptors (Lipinski definition) is 6. The van der Waals surface area contributed by atoms with E-state index in [9.17, 15) is 0 Å². The first-order valence-electron chi connectivity index (χ1n) is 9.40. The Morgan fingerprint density at radius 2 is 2.11 bits per heavy atom. The Morgan fingerprint density at radius 3 is 2.89 bits per heavy atom. The standard InChI is InChI=1S/C22H28N6/c1-14-6-8-19-9-7-18(10-20(19)28-14)12-24-16(3)22-21(17(4)26-13-27-22)25-11-15(2)23-5/h7,9-11,13,23-25,28H,1,3,6,8,12H2,2,4-5H3/b15-11+. The van der Waals surface area contributed by atoms with Gasteiger partial charge >= 0.3 is 0 Å². The first-order chi connectivity index (χ1) is 13.5. The zero-order valence-corrected chi connectivity index (χ0v) is 16.8. The van der Waals surface area contributed by atoms with Crippen molar-refractivity contribution in [2.24, 2.45) is 0 Å². The molecule has 0 amide bonds. The molecule has 0 saturated heterocycles. The van der Waals surface area contributed by atoms with Crippen LogP contribution in [0, 0.1) is 6.92 Å². The van der Waals surface area contributed by atoms with Gasteiger partial charge in [-0.25, -0.2) is 9.97 Å². The Hall–Kier alpha value is -3.28. The quantitative estimate of drug-likeness (QED) is 0.587. The summed E-state index contributed by atoms with van der Waals surface area (Å²) in [6, 6.07) is 6.50. The minimum absolute atomic E-state index is 0.661. The van der Waals surface area contributed by atoms with Crippen LogP contribution in [0.5, 0.6) is 0 Å². The molecule has 1 aromatic heterocycles. The third-order valence-corrected chi connectivity index (χ3v) is 4.84. The van der Waals surface area contributed by atoms with E-state index < -0.39 is 0 Å². The summed E-state index contributed by atoms with van der Waals surface area (Å²) >= 11 is 0. The van der Waals surface area contributed by atoms with Crippen molar-refractivity contribution in [3.8, 4) is 0 Å². The number of allylic oxidation sites excluding steroid dienone is 2. The van der Waals surface area contributed by atoms with E-state index in [0.29, 0.717) is 6.54 Å². The second-order valence-corrected chi connectivity index (χ2v) is 6.96. The Labute approximate surface area is 166 Å². The maximum absolute atomic E-state index is 4.43. The third kappa shape index (κ3) is 4.52. The fourth-order valence-electron chi connectivity index (χ4n) is 3.03. The Balaban J connectivity index is 1.73. The van der Waals surface area contributed by atoms with Gasteiger partial charge in [0.1, 0.15) is 12.0 Å². The molecule has 3 rings (SSSR count). The summed E-state index contributed by atoms with van der Waals surface area (Å²) in [5.74, 6) is 0. The van der Waals surface area contributed by atoms with Crippen LogP contribution in [0.15, 0.2) is 55.3 Å². The minimum atomic E-state index is 0.661. The molecule has 1 aliphatic heterocycles. The molecule has 6 heteroatoms. The number of hydrogen-bond donors (Lipinski definition) is 4. The Kier molecular flexibility index (Phi) is 5.99. The minimum Gasteiger partial charge on any atom is -0.390 e. The lowest BCUT2D eigenvalue weighted by atomic mass is 10.00. The molecule has 0 atom stereocenters. The Morgan fingerprint density at radius 1 is 1.29 bits per heavy atom. The van der Waals surface area contributed by atoms with Crippen LogP contribution in [0.1, 0.15) is 35.9 Å². The molecular weight excluding hydrogens is 348 g/mol. The average molecular weight is 377 g/mol. The number of rotatable bonds is 7. The molecule has 28 heavy (non-hydrogen) atoms. The van der Waals surface area contributed by atoms with Crippen molar-refractivity contribution < 1.29 is 0 Å². The maximum atomic E-state index is 4.43. The van der Waals surface area contributed by atoms with Crippen molar-refractivity contribution in [3.63, 3.8) is 0 Å². The van der Waals surface area contributed by atoms with Crippen LogP contribution < -0.4 is 21.3 Å². The van der Waals surface area contributed by atoms with Gasteiger partial charge in [-0.2, -0.15) is 0 Å². The van der Waals surface area contributed by atoms with E-state index in [1.54, 1.807) is 6.33 Å². The molecule has 1 aliphatic rings. The van der Waals surface area contributed by atoms with E-state index in [-0.39, 0.29) is 0 Å². The maximum Gasteiger partial charge on any atom is 0.116 e. The van der Waals surface area contributed by atoms with Gasteiger partial charge in [0.2, 0.25) is 0 Å². The number of benzene rings is 1. The van der Waals surface area contributed by atoms with Crippen LogP contribution in [-0.2, 0) is 13.0 Å². The molecule has 1 aromatic carbocycles. The van der Waals surface area contributed by atoms with Crippen molar-refractivity contribution in [2.45, 2.75) is 33.2 Å². The van der Waals surface area contributed by atoms with E-state index in [4.69, 9.17) is 0 Å². The van der Waals surface area contributed by atoms with E-state index >= 15 is 0 Å². The van der Waals surface area contributed by atoms with Gasteiger partial charge in [-0.05, 0) is 43.9 Å². The van der Waals surface area contributed by atoms with Gasteiger partial charge in [0.05, 0.1) is 17.1 Å². The van der Waals surface area contributed by atoms with Crippen LogP contribution in [0.2, 0.25) is 0 Å². The highest BCUT2D eigenvalue weighted by molar-refractivity contribution is 5.73. The first kappa shape index (κ1) is 19.5. The topological polar surface area (TPSA) is 73.9 Å². The molecule has 4 N–H and O–H groups in total. The SMILES string of the molecule is C=C1CCc2ccc(CNC(=C)c3ncnc(C)c3N/C=C(\C)NC)cc2N1. The molecule has 146 valence electrons. The lowest BCUT2D eigenvalue weighted by Crippen LogP contribution is -2.15. The summed E-state index contributed by atoms with van der Waals surface area (Å²) in [6.45, 7) is 12.8.